The Morgan fingerprint density at radius 3 is 2.56 bits per heavy atom. The van der Waals surface area contributed by atoms with E-state index in [0.29, 0.717) is 6.54 Å². The van der Waals surface area contributed by atoms with E-state index in [1.54, 1.807) is 6.33 Å². The smallest absolute Gasteiger partial charge is 0.146 e. The second-order valence-corrected chi connectivity index (χ2v) is 4.33. The second kappa shape index (κ2) is 5.96. The summed E-state index contributed by atoms with van der Waals surface area (Å²) in [5.41, 5.74) is -0.00140. The maximum Gasteiger partial charge on any atom is 0.146 e. The molecule has 0 radical (unpaired) electrons. The van der Waals surface area contributed by atoms with Crippen molar-refractivity contribution < 1.29 is 5.11 Å². The first-order chi connectivity index (χ1) is 7.67. The summed E-state index contributed by atoms with van der Waals surface area (Å²) in [6.07, 6.45) is 3.65. The van der Waals surface area contributed by atoms with E-state index in [1.165, 1.54) is 0 Å². The molecule has 0 amide bonds. The van der Waals surface area contributed by atoms with Crippen LogP contribution < -0.4 is 5.32 Å². The molecule has 0 saturated heterocycles. The van der Waals surface area contributed by atoms with E-state index >= 15 is 0 Å². The third-order valence-corrected chi connectivity index (χ3v) is 3.42. The van der Waals surface area contributed by atoms with E-state index in [9.17, 15) is 5.11 Å². The lowest BCUT2D eigenvalue weighted by atomic mass is 9.83. The Hall–Kier alpha value is -0.940. The lowest BCUT2D eigenvalue weighted by molar-refractivity contribution is 0.112. The van der Waals surface area contributed by atoms with Gasteiger partial charge in [-0.2, -0.15) is 0 Å². The number of aliphatic hydroxyl groups is 1. The van der Waals surface area contributed by atoms with Crippen LogP contribution in [0.15, 0.2) is 6.33 Å². The summed E-state index contributed by atoms with van der Waals surface area (Å²) < 4.78 is 1.89. The summed E-state index contributed by atoms with van der Waals surface area (Å²) in [4.78, 5) is 0. The molecule has 1 aromatic rings. The van der Waals surface area contributed by atoms with Crippen LogP contribution in [0.3, 0.4) is 0 Å². The first-order valence-electron chi connectivity index (χ1n) is 5.82. The quantitative estimate of drug-likeness (QED) is 0.718. The zero-order valence-electron chi connectivity index (χ0n) is 10.4. The summed E-state index contributed by atoms with van der Waals surface area (Å²) in [7, 11) is 1.93. The van der Waals surface area contributed by atoms with Gasteiger partial charge in [0.05, 0.1) is 6.54 Å². The molecule has 0 bridgehead atoms. The Balaban J connectivity index is 2.42. The predicted molar refractivity (Wildman–Crippen MR) is 62.8 cm³/mol. The lowest BCUT2D eigenvalue weighted by Gasteiger charge is -2.29. The number of aryl methyl sites for hydroxylation is 1. The van der Waals surface area contributed by atoms with Gasteiger partial charge in [-0.15, -0.1) is 10.2 Å². The van der Waals surface area contributed by atoms with Crippen LogP contribution in [-0.4, -0.2) is 33.0 Å². The third kappa shape index (κ3) is 3.02. The molecule has 0 atom stereocenters. The highest BCUT2D eigenvalue weighted by Crippen LogP contribution is 2.24. The van der Waals surface area contributed by atoms with Crippen LogP contribution in [0, 0.1) is 5.41 Å². The molecular formula is C11H22N4O. The number of rotatable bonds is 7. The molecular weight excluding hydrogens is 204 g/mol. The zero-order chi connectivity index (χ0) is 12.0. The van der Waals surface area contributed by atoms with Gasteiger partial charge in [-0.25, -0.2) is 0 Å². The molecule has 0 saturated carbocycles. The van der Waals surface area contributed by atoms with Crippen molar-refractivity contribution in [3.63, 3.8) is 0 Å². The minimum Gasteiger partial charge on any atom is -0.396 e. The van der Waals surface area contributed by atoms with Gasteiger partial charge in [0, 0.05) is 25.6 Å². The predicted octanol–water partition coefficient (Wildman–Crippen LogP) is 0.703. The van der Waals surface area contributed by atoms with Crippen LogP contribution in [0.4, 0.5) is 0 Å². The Labute approximate surface area is 96.9 Å². The van der Waals surface area contributed by atoms with E-state index in [2.05, 4.69) is 29.4 Å². The van der Waals surface area contributed by atoms with Gasteiger partial charge >= 0.3 is 0 Å². The number of hydrogen-bond donors (Lipinski definition) is 2. The summed E-state index contributed by atoms with van der Waals surface area (Å²) >= 11 is 0. The fourth-order valence-corrected chi connectivity index (χ4v) is 1.69. The molecule has 0 aromatic carbocycles. The first kappa shape index (κ1) is 13.1. The molecule has 0 spiro atoms. The van der Waals surface area contributed by atoms with E-state index in [4.69, 9.17) is 0 Å². The van der Waals surface area contributed by atoms with Crippen LogP contribution in [0.1, 0.15) is 32.5 Å². The van der Waals surface area contributed by atoms with E-state index in [-0.39, 0.29) is 12.0 Å². The summed E-state index contributed by atoms with van der Waals surface area (Å²) in [6, 6.07) is 0. The molecule has 2 N–H and O–H groups in total. The van der Waals surface area contributed by atoms with Gasteiger partial charge in [0.1, 0.15) is 12.2 Å². The highest BCUT2D eigenvalue weighted by atomic mass is 16.3. The number of hydrogen-bond acceptors (Lipinski definition) is 4. The third-order valence-electron chi connectivity index (χ3n) is 3.42. The number of aromatic nitrogens is 3. The molecule has 0 fully saturated rings. The largest absolute Gasteiger partial charge is 0.396 e. The van der Waals surface area contributed by atoms with Crippen molar-refractivity contribution in [2.24, 2.45) is 12.5 Å². The topological polar surface area (TPSA) is 63.0 Å². The maximum absolute atomic E-state index is 9.42. The molecule has 5 nitrogen and oxygen atoms in total. The standard InChI is InChI=1S/C11H22N4O/c1-4-11(5-2,8-16)7-12-6-10-14-13-9-15(10)3/h9,12,16H,4-8H2,1-3H3. The molecule has 16 heavy (non-hydrogen) atoms. The van der Waals surface area contributed by atoms with Crippen molar-refractivity contribution in [2.45, 2.75) is 33.2 Å². The SMILES string of the molecule is CCC(CC)(CO)CNCc1nncn1C. The van der Waals surface area contributed by atoms with Gasteiger partial charge in [-0.1, -0.05) is 13.8 Å². The Morgan fingerprint density at radius 2 is 2.12 bits per heavy atom. The maximum atomic E-state index is 9.42. The van der Waals surface area contributed by atoms with E-state index in [0.717, 1.165) is 25.2 Å². The van der Waals surface area contributed by atoms with Crippen LogP contribution in [0.2, 0.25) is 0 Å². The highest BCUT2D eigenvalue weighted by molar-refractivity contribution is 4.85. The lowest BCUT2D eigenvalue weighted by Crippen LogP contribution is -2.36. The van der Waals surface area contributed by atoms with Crippen LogP contribution in [0.25, 0.3) is 0 Å². The van der Waals surface area contributed by atoms with Gasteiger partial charge in [-0.05, 0) is 12.8 Å². The van der Waals surface area contributed by atoms with Gasteiger partial charge in [0.25, 0.3) is 0 Å². The monoisotopic (exact) mass is 226 g/mol. The minimum absolute atomic E-state index is 0.00140. The Morgan fingerprint density at radius 1 is 1.44 bits per heavy atom. The Bertz CT molecular complexity index is 298. The van der Waals surface area contributed by atoms with Gasteiger partial charge in [0.2, 0.25) is 0 Å². The van der Waals surface area contributed by atoms with Gasteiger partial charge in [-0.3, -0.25) is 0 Å². The van der Waals surface area contributed by atoms with Crippen molar-refractivity contribution in [3.05, 3.63) is 12.2 Å². The minimum atomic E-state index is -0.00140. The molecule has 5 heteroatoms. The van der Waals surface area contributed by atoms with Crippen molar-refractivity contribution in [2.75, 3.05) is 13.2 Å². The number of nitrogens with zero attached hydrogens (tertiary/aromatic N) is 3. The van der Waals surface area contributed by atoms with Crippen LogP contribution in [-0.2, 0) is 13.6 Å². The van der Waals surface area contributed by atoms with E-state index < -0.39 is 0 Å². The molecule has 1 aromatic heterocycles. The first-order valence-corrected chi connectivity index (χ1v) is 5.82. The van der Waals surface area contributed by atoms with Crippen molar-refractivity contribution >= 4 is 0 Å². The van der Waals surface area contributed by atoms with Crippen molar-refractivity contribution in [3.8, 4) is 0 Å². The summed E-state index contributed by atoms with van der Waals surface area (Å²) in [5, 5.41) is 20.6. The van der Waals surface area contributed by atoms with Crippen LogP contribution in [0.5, 0.6) is 0 Å². The average molecular weight is 226 g/mol. The molecule has 0 aliphatic heterocycles. The van der Waals surface area contributed by atoms with Gasteiger partial charge < -0.3 is 15.0 Å². The average Bonchev–Trinajstić information content (AvgIpc) is 2.71. The second-order valence-electron chi connectivity index (χ2n) is 4.33. The van der Waals surface area contributed by atoms with Crippen molar-refractivity contribution in [1.29, 1.82) is 0 Å². The molecule has 0 unspecified atom stereocenters. The summed E-state index contributed by atoms with van der Waals surface area (Å²) in [6.45, 7) is 5.96. The molecule has 92 valence electrons. The fourth-order valence-electron chi connectivity index (χ4n) is 1.69. The van der Waals surface area contributed by atoms with Crippen molar-refractivity contribution in [1.82, 2.24) is 20.1 Å². The van der Waals surface area contributed by atoms with Crippen LogP contribution >= 0.6 is 0 Å². The highest BCUT2D eigenvalue weighted by Gasteiger charge is 2.24. The molecule has 1 heterocycles. The number of nitrogens with one attached hydrogen (secondary N) is 1. The van der Waals surface area contributed by atoms with Gasteiger partial charge in [0.15, 0.2) is 0 Å². The Kier molecular flexibility index (Phi) is 4.89. The zero-order valence-corrected chi connectivity index (χ0v) is 10.4. The fraction of sp³-hybridized carbons (Fsp3) is 0.818. The molecule has 1 rings (SSSR count). The number of aliphatic hydroxyl groups excluding tert-OH is 1. The molecule has 0 aliphatic rings. The van der Waals surface area contributed by atoms with E-state index in [1.807, 2.05) is 11.6 Å². The normalized spacial score (nSPS) is 12.0. The molecule has 0 aliphatic carbocycles. The summed E-state index contributed by atoms with van der Waals surface area (Å²) in [5.74, 6) is 0.916.